The summed E-state index contributed by atoms with van der Waals surface area (Å²) in [6.07, 6.45) is 3.32. The second-order valence-electron chi connectivity index (χ2n) is 4.64. The van der Waals surface area contributed by atoms with Gasteiger partial charge in [-0.25, -0.2) is 0 Å². The molecule has 0 radical (unpaired) electrons. The van der Waals surface area contributed by atoms with E-state index in [2.05, 4.69) is 27.8 Å². The van der Waals surface area contributed by atoms with Crippen molar-refractivity contribution in [3.63, 3.8) is 0 Å². The molecule has 2 unspecified atom stereocenters. The molecule has 1 saturated carbocycles. The van der Waals surface area contributed by atoms with Crippen LogP contribution in [-0.2, 0) is 0 Å². The minimum atomic E-state index is -0.126. The predicted molar refractivity (Wildman–Crippen MR) is 65.8 cm³/mol. The van der Waals surface area contributed by atoms with Gasteiger partial charge in [-0.15, -0.1) is 10.2 Å². The summed E-state index contributed by atoms with van der Waals surface area (Å²) in [6.45, 7) is 2.22. The van der Waals surface area contributed by atoms with Gasteiger partial charge in [-0.05, 0) is 37.3 Å². The number of hydrogen-bond donors (Lipinski definition) is 2. The molecule has 5 heteroatoms. The molecule has 1 aliphatic carbocycles. The smallest absolute Gasteiger partial charge is 0.272 e. The molecule has 5 nitrogen and oxygen atoms in total. The van der Waals surface area contributed by atoms with Crippen LogP contribution in [0, 0.1) is 5.92 Å². The highest BCUT2D eigenvalue weighted by molar-refractivity contribution is 5.92. The van der Waals surface area contributed by atoms with Crippen molar-refractivity contribution in [3.05, 3.63) is 17.8 Å². The number of hydrogen-bond acceptors (Lipinski definition) is 4. The Balaban J connectivity index is 1.94. The number of carbonyl (C=O) groups excluding carboxylic acids is 1. The Morgan fingerprint density at radius 1 is 1.35 bits per heavy atom. The molecule has 2 rings (SSSR count). The van der Waals surface area contributed by atoms with E-state index in [1.54, 1.807) is 19.2 Å². The van der Waals surface area contributed by atoms with Crippen LogP contribution < -0.4 is 10.6 Å². The lowest BCUT2D eigenvalue weighted by Crippen LogP contribution is -2.33. The lowest BCUT2D eigenvalue weighted by Gasteiger charge is -2.11. The summed E-state index contributed by atoms with van der Waals surface area (Å²) < 4.78 is 0. The van der Waals surface area contributed by atoms with Crippen LogP contribution >= 0.6 is 0 Å². The Labute approximate surface area is 101 Å². The van der Waals surface area contributed by atoms with Crippen LogP contribution in [0.5, 0.6) is 0 Å². The molecule has 0 aliphatic heterocycles. The first kappa shape index (κ1) is 11.8. The highest BCUT2D eigenvalue weighted by atomic mass is 16.2. The fraction of sp³-hybridized carbons (Fsp3) is 0.583. The molecule has 1 heterocycles. The second kappa shape index (κ2) is 5.12. The average molecular weight is 234 g/mol. The number of nitrogens with zero attached hydrogens (tertiary/aromatic N) is 2. The summed E-state index contributed by atoms with van der Waals surface area (Å²) in [6, 6.07) is 3.73. The molecule has 0 bridgehead atoms. The fourth-order valence-corrected chi connectivity index (χ4v) is 2.18. The topological polar surface area (TPSA) is 66.9 Å². The molecule has 2 N–H and O–H groups in total. The van der Waals surface area contributed by atoms with E-state index in [1.807, 2.05) is 0 Å². The van der Waals surface area contributed by atoms with Gasteiger partial charge < -0.3 is 10.6 Å². The van der Waals surface area contributed by atoms with Crippen molar-refractivity contribution >= 4 is 11.7 Å². The third-order valence-electron chi connectivity index (χ3n) is 3.18. The van der Waals surface area contributed by atoms with Crippen LogP contribution in [0.1, 0.15) is 36.7 Å². The van der Waals surface area contributed by atoms with E-state index >= 15 is 0 Å². The Bertz CT molecular complexity index is 390. The summed E-state index contributed by atoms with van der Waals surface area (Å²) in [5.74, 6) is 1.24. The van der Waals surface area contributed by atoms with Gasteiger partial charge in [-0.2, -0.15) is 0 Å². The van der Waals surface area contributed by atoms with Gasteiger partial charge >= 0.3 is 0 Å². The van der Waals surface area contributed by atoms with Crippen molar-refractivity contribution in [2.24, 2.45) is 5.92 Å². The number of anilines is 1. The zero-order chi connectivity index (χ0) is 12.3. The van der Waals surface area contributed by atoms with E-state index in [9.17, 15) is 4.79 Å². The molecule has 17 heavy (non-hydrogen) atoms. The van der Waals surface area contributed by atoms with E-state index in [4.69, 9.17) is 0 Å². The van der Waals surface area contributed by atoms with Crippen molar-refractivity contribution in [2.45, 2.75) is 32.2 Å². The quantitative estimate of drug-likeness (QED) is 0.830. The van der Waals surface area contributed by atoms with E-state index in [0.29, 0.717) is 23.5 Å². The van der Waals surface area contributed by atoms with Gasteiger partial charge in [0.1, 0.15) is 5.82 Å². The summed E-state index contributed by atoms with van der Waals surface area (Å²) >= 11 is 0. The molecule has 0 spiro atoms. The molecule has 1 amide bonds. The molecule has 92 valence electrons. The van der Waals surface area contributed by atoms with Crippen molar-refractivity contribution in [1.82, 2.24) is 15.5 Å². The Morgan fingerprint density at radius 2 is 2.18 bits per heavy atom. The molecule has 0 aromatic carbocycles. The van der Waals surface area contributed by atoms with E-state index < -0.39 is 0 Å². The summed E-state index contributed by atoms with van der Waals surface area (Å²) in [7, 11) is 1.77. The third kappa shape index (κ3) is 2.93. The average Bonchev–Trinajstić information content (AvgIpc) is 2.75. The van der Waals surface area contributed by atoms with Crippen molar-refractivity contribution in [2.75, 3.05) is 12.4 Å². The van der Waals surface area contributed by atoms with Crippen LogP contribution in [0.3, 0.4) is 0 Å². The SMILES string of the molecule is CNc1ccc(C(=O)NC2CCC(C)C2)nn1. The van der Waals surface area contributed by atoms with Crippen LogP contribution in [0.4, 0.5) is 5.82 Å². The molecule has 1 fully saturated rings. The normalized spacial score (nSPS) is 23.4. The first-order chi connectivity index (χ1) is 8.19. The molecular weight excluding hydrogens is 216 g/mol. The lowest BCUT2D eigenvalue weighted by molar-refractivity contribution is 0.0931. The molecule has 1 aromatic rings. The zero-order valence-electron chi connectivity index (χ0n) is 10.2. The van der Waals surface area contributed by atoms with E-state index in [1.165, 1.54) is 6.42 Å². The Hall–Kier alpha value is -1.65. The van der Waals surface area contributed by atoms with E-state index in [-0.39, 0.29) is 5.91 Å². The molecule has 1 aromatic heterocycles. The van der Waals surface area contributed by atoms with Gasteiger partial charge in [0.05, 0.1) is 0 Å². The molecule has 2 atom stereocenters. The molecule has 1 aliphatic rings. The highest BCUT2D eigenvalue weighted by Gasteiger charge is 2.23. The number of rotatable bonds is 3. The van der Waals surface area contributed by atoms with Gasteiger partial charge in [-0.1, -0.05) is 6.92 Å². The monoisotopic (exact) mass is 234 g/mol. The number of carbonyl (C=O) groups is 1. The Morgan fingerprint density at radius 3 is 2.71 bits per heavy atom. The predicted octanol–water partition coefficient (Wildman–Crippen LogP) is 1.44. The Kier molecular flexibility index (Phi) is 3.56. The minimum Gasteiger partial charge on any atom is -0.372 e. The maximum Gasteiger partial charge on any atom is 0.272 e. The highest BCUT2D eigenvalue weighted by Crippen LogP contribution is 2.24. The van der Waals surface area contributed by atoms with Gasteiger partial charge in [0, 0.05) is 13.1 Å². The molecule has 0 saturated heterocycles. The van der Waals surface area contributed by atoms with Gasteiger partial charge in [0.25, 0.3) is 5.91 Å². The standard InChI is InChI=1S/C12H18N4O/c1-8-3-4-9(7-8)14-12(17)10-5-6-11(13-2)16-15-10/h5-6,8-9H,3-4,7H2,1-2H3,(H,13,16)(H,14,17). The first-order valence-electron chi connectivity index (χ1n) is 6.01. The zero-order valence-corrected chi connectivity index (χ0v) is 10.2. The van der Waals surface area contributed by atoms with Crippen LogP contribution in [0.15, 0.2) is 12.1 Å². The summed E-state index contributed by atoms with van der Waals surface area (Å²) in [5.41, 5.74) is 0.378. The largest absolute Gasteiger partial charge is 0.372 e. The van der Waals surface area contributed by atoms with Gasteiger partial charge in [-0.3, -0.25) is 4.79 Å². The number of amides is 1. The second-order valence-corrected chi connectivity index (χ2v) is 4.64. The summed E-state index contributed by atoms with van der Waals surface area (Å²) in [4.78, 5) is 11.9. The van der Waals surface area contributed by atoms with E-state index in [0.717, 1.165) is 12.8 Å². The van der Waals surface area contributed by atoms with Gasteiger partial charge in [0.15, 0.2) is 5.69 Å². The van der Waals surface area contributed by atoms with Crippen molar-refractivity contribution in [1.29, 1.82) is 0 Å². The van der Waals surface area contributed by atoms with Gasteiger partial charge in [0.2, 0.25) is 0 Å². The van der Waals surface area contributed by atoms with Crippen molar-refractivity contribution in [3.8, 4) is 0 Å². The van der Waals surface area contributed by atoms with Crippen molar-refractivity contribution < 1.29 is 4.79 Å². The van der Waals surface area contributed by atoms with Crippen LogP contribution in [-0.4, -0.2) is 29.2 Å². The molecular formula is C12H18N4O. The third-order valence-corrected chi connectivity index (χ3v) is 3.18. The maximum absolute atomic E-state index is 11.9. The number of nitrogens with one attached hydrogen (secondary N) is 2. The number of aromatic nitrogens is 2. The fourth-order valence-electron chi connectivity index (χ4n) is 2.18. The first-order valence-corrected chi connectivity index (χ1v) is 6.01. The summed E-state index contributed by atoms with van der Waals surface area (Å²) in [5, 5.41) is 13.6. The maximum atomic E-state index is 11.9. The lowest BCUT2D eigenvalue weighted by atomic mass is 10.1. The minimum absolute atomic E-state index is 0.126. The van der Waals surface area contributed by atoms with Crippen LogP contribution in [0.2, 0.25) is 0 Å². The van der Waals surface area contributed by atoms with Crippen LogP contribution in [0.25, 0.3) is 0 Å².